The first-order valence-electron chi connectivity index (χ1n) is 12.5. The highest BCUT2D eigenvalue weighted by Crippen LogP contribution is 2.44. The van der Waals surface area contributed by atoms with E-state index in [4.69, 9.17) is 21.1 Å². The zero-order chi connectivity index (χ0) is 26.2. The summed E-state index contributed by atoms with van der Waals surface area (Å²) in [5, 5.41) is 6.08. The first-order chi connectivity index (χ1) is 17.0. The van der Waals surface area contributed by atoms with Gasteiger partial charge in [-0.1, -0.05) is 44.5 Å². The minimum Gasteiger partial charge on any atom is -0.433 e. The van der Waals surface area contributed by atoms with Crippen molar-refractivity contribution in [3.63, 3.8) is 0 Å². The fourth-order valence-electron chi connectivity index (χ4n) is 5.53. The number of hydrogen-bond acceptors (Lipinski definition) is 6. The second kappa shape index (κ2) is 10.4. The van der Waals surface area contributed by atoms with E-state index in [1.165, 1.54) is 0 Å². The van der Waals surface area contributed by atoms with Crippen LogP contribution in [0.25, 0.3) is 0 Å². The second-order valence-corrected chi connectivity index (χ2v) is 11.2. The SMILES string of the molecule is CCO[C@@H]1OC(=O)C[C@H]1NC(=O)[C@@H]1[C@@H]2CC[C@@H](C2)N1C(=O)[C@@H](NC(=O)c1ccccc1Cl)C(C)(C)C. The van der Waals surface area contributed by atoms with E-state index in [1.54, 1.807) is 36.1 Å². The first-order valence-corrected chi connectivity index (χ1v) is 12.9. The molecule has 10 heteroatoms. The van der Waals surface area contributed by atoms with E-state index >= 15 is 0 Å². The summed E-state index contributed by atoms with van der Waals surface area (Å²) in [6, 6.07) is 4.42. The van der Waals surface area contributed by atoms with Gasteiger partial charge in [0.1, 0.15) is 18.1 Å². The highest BCUT2D eigenvalue weighted by atomic mass is 35.5. The molecule has 1 aromatic carbocycles. The molecule has 2 saturated heterocycles. The van der Waals surface area contributed by atoms with Crippen LogP contribution >= 0.6 is 11.6 Å². The van der Waals surface area contributed by atoms with E-state index < -0.39 is 41.7 Å². The Kier molecular flexibility index (Phi) is 7.61. The molecule has 2 N–H and O–H groups in total. The number of nitrogens with zero attached hydrogens (tertiary/aromatic N) is 1. The summed E-state index contributed by atoms with van der Waals surface area (Å²) in [6.07, 6.45) is 1.56. The summed E-state index contributed by atoms with van der Waals surface area (Å²) in [5.41, 5.74) is -0.339. The number of rotatable bonds is 7. The number of halogens is 1. The topological polar surface area (TPSA) is 114 Å². The second-order valence-electron chi connectivity index (χ2n) is 10.8. The molecule has 3 fully saturated rings. The van der Waals surface area contributed by atoms with Crippen LogP contribution in [0.2, 0.25) is 5.02 Å². The Morgan fingerprint density at radius 1 is 1.22 bits per heavy atom. The number of carbonyl (C=O) groups excluding carboxylic acids is 4. The summed E-state index contributed by atoms with van der Waals surface area (Å²) in [6.45, 7) is 7.74. The monoisotopic (exact) mass is 519 g/mol. The maximum absolute atomic E-state index is 14.0. The molecular formula is C26H34ClN3O6. The summed E-state index contributed by atoms with van der Waals surface area (Å²) in [7, 11) is 0. The minimum absolute atomic E-state index is 0.0161. The number of nitrogens with one attached hydrogen (secondary N) is 2. The first kappa shape index (κ1) is 26.4. The predicted octanol–water partition coefficient (Wildman–Crippen LogP) is 2.66. The summed E-state index contributed by atoms with van der Waals surface area (Å²) >= 11 is 6.21. The number of esters is 1. The molecule has 36 heavy (non-hydrogen) atoms. The van der Waals surface area contributed by atoms with Gasteiger partial charge in [0.15, 0.2) is 0 Å². The van der Waals surface area contributed by atoms with Crippen molar-refractivity contribution >= 4 is 35.3 Å². The predicted molar refractivity (Wildman–Crippen MR) is 132 cm³/mol. The lowest BCUT2D eigenvalue weighted by molar-refractivity contribution is -0.165. The number of likely N-dealkylation sites (tertiary alicyclic amines) is 1. The average Bonchev–Trinajstić information content (AvgIpc) is 3.51. The molecule has 3 amide bonds. The number of piperidine rings is 1. The number of cyclic esters (lactones) is 1. The third-order valence-electron chi connectivity index (χ3n) is 7.24. The Hall–Kier alpha value is -2.65. The third-order valence-corrected chi connectivity index (χ3v) is 7.57. The maximum Gasteiger partial charge on any atom is 0.310 e. The van der Waals surface area contributed by atoms with Crippen LogP contribution in [0.3, 0.4) is 0 Å². The van der Waals surface area contributed by atoms with Crippen LogP contribution in [0, 0.1) is 11.3 Å². The van der Waals surface area contributed by atoms with Crippen molar-refractivity contribution in [1.29, 1.82) is 0 Å². The number of amides is 3. The van der Waals surface area contributed by atoms with Gasteiger partial charge in [-0.05, 0) is 49.7 Å². The molecule has 196 valence electrons. The zero-order valence-corrected chi connectivity index (χ0v) is 21.8. The van der Waals surface area contributed by atoms with E-state index in [0.717, 1.165) is 19.3 Å². The molecule has 2 heterocycles. The molecule has 1 aliphatic carbocycles. The van der Waals surface area contributed by atoms with Gasteiger partial charge in [-0.2, -0.15) is 0 Å². The van der Waals surface area contributed by atoms with Crippen molar-refractivity contribution in [3.05, 3.63) is 34.9 Å². The number of carbonyl (C=O) groups is 4. The fraction of sp³-hybridized carbons (Fsp3) is 0.615. The lowest BCUT2D eigenvalue weighted by Crippen LogP contribution is -2.62. The van der Waals surface area contributed by atoms with Gasteiger partial charge in [-0.15, -0.1) is 0 Å². The standard InChI is InChI=1S/C26H34ClN3O6/c1-5-35-25-18(13-19(31)36-25)28-23(33)20-14-10-11-15(12-14)30(20)24(34)21(26(2,3)4)29-22(32)16-8-6-7-9-17(16)27/h6-9,14-15,18,20-21,25H,5,10-13H2,1-4H3,(H,28,33)(H,29,32)/t14-,15+,18-,20+,21-,25-/m1/s1. The normalized spacial score (nSPS) is 28.1. The van der Waals surface area contributed by atoms with E-state index in [9.17, 15) is 19.2 Å². The molecule has 1 saturated carbocycles. The smallest absolute Gasteiger partial charge is 0.310 e. The van der Waals surface area contributed by atoms with Crippen molar-refractivity contribution < 1.29 is 28.7 Å². The fourth-order valence-corrected chi connectivity index (χ4v) is 5.75. The van der Waals surface area contributed by atoms with E-state index in [0.29, 0.717) is 11.6 Å². The molecule has 0 unspecified atom stereocenters. The largest absolute Gasteiger partial charge is 0.433 e. The van der Waals surface area contributed by atoms with Crippen LogP contribution in [0.5, 0.6) is 0 Å². The van der Waals surface area contributed by atoms with Crippen LogP contribution in [0.15, 0.2) is 24.3 Å². The molecule has 1 aromatic rings. The lowest BCUT2D eigenvalue weighted by atomic mass is 9.84. The minimum atomic E-state index is -0.872. The number of fused-ring (bicyclic) bond motifs is 2. The van der Waals surface area contributed by atoms with Crippen molar-refractivity contribution in [2.45, 2.75) is 83.8 Å². The quantitative estimate of drug-likeness (QED) is 0.535. The molecule has 0 aromatic heterocycles. The molecule has 6 atom stereocenters. The van der Waals surface area contributed by atoms with Gasteiger partial charge in [0.05, 0.1) is 17.0 Å². The summed E-state index contributed by atoms with van der Waals surface area (Å²) < 4.78 is 10.6. The Bertz CT molecular complexity index is 1040. The maximum atomic E-state index is 14.0. The Balaban J connectivity index is 1.55. The van der Waals surface area contributed by atoms with Gasteiger partial charge in [0, 0.05) is 12.6 Å². The highest BCUT2D eigenvalue weighted by Gasteiger charge is 2.54. The van der Waals surface area contributed by atoms with Gasteiger partial charge < -0.3 is 25.0 Å². The van der Waals surface area contributed by atoms with Crippen LogP contribution in [-0.4, -0.2) is 65.7 Å². The average molecular weight is 520 g/mol. The zero-order valence-electron chi connectivity index (χ0n) is 21.1. The number of benzene rings is 1. The van der Waals surface area contributed by atoms with Crippen LogP contribution < -0.4 is 10.6 Å². The number of hydrogen-bond donors (Lipinski definition) is 2. The highest BCUT2D eigenvalue weighted by molar-refractivity contribution is 6.33. The van der Waals surface area contributed by atoms with E-state index in [1.807, 2.05) is 20.8 Å². The molecule has 3 aliphatic rings. The molecular weight excluding hydrogens is 486 g/mol. The van der Waals surface area contributed by atoms with Gasteiger partial charge in [-0.25, -0.2) is 0 Å². The van der Waals surface area contributed by atoms with Gasteiger partial charge in [0.2, 0.25) is 18.1 Å². The summed E-state index contributed by atoms with van der Waals surface area (Å²) in [4.78, 5) is 54.0. The molecule has 9 nitrogen and oxygen atoms in total. The van der Waals surface area contributed by atoms with Crippen molar-refractivity contribution in [3.8, 4) is 0 Å². The number of ether oxygens (including phenoxy) is 2. The molecule has 0 spiro atoms. The molecule has 0 radical (unpaired) electrons. The van der Waals surface area contributed by atoms with Crippen LogP contribution in [0.1, 0.15) is 63.7 Å². The van der Waals surface area contributed by atoms with Crippen molar-refractivity contribution in [2.24, 2.45) is 11.3 Å². The molecule has 2 aliphatic heterocycles. The van der Waals surface area contributed by atoms with E-state index in [-0.39, 0.29) is 35.8 Å². The van der Waals surface area contributed by atoms with Gasteiger partial charge in [-0.3, -0.25) is 19.2 Å². The van der Waals surface area contributed by atoms with Crippen molar-refractivity contribution in [1.82, 2.24) is 15.5 Å². The lowest BCUT2D eigenvalue weighted by Gasteiger charge is -2.40. The van der Waals surface area contributed by atoms with Crippen LogP contribution in [-0.2, 0) is 23.9 Å². The van der Waals surface area contributed by atoms with Gasteiger partial charge >= 0.3 is 5.97 Å². The Morgan fingerprint density at radius 3 is 2.61 bits per heavy atom. The van der Waals surface area contributed by atoms with Gasteiger partial charge in [0.25, 0.3) is 5.91 Å². The molecule has 2 bridgehead atoms. The Labute approximate surface area is 216 Å². The van der Waals surface area contributed by atoms with Crippen LogP contribution in [0.4, 0.5) is 0 Å². The van der Waals surface area contributed by atoms with E-state index in [2.05, 4.69) is 10.6 Å². The van der Waals surface area contributed by atoms with Crippen molar-refractivity contribution in [2.75, 3.05) is 6.61 Å². The Morgan fingerprint density at radius 2 is 1.94 bits per heavy atom. The third kappa shape index (κ3) is 5.22. The summed E-state index contributed by atoms with van der Waals surface area (Å²) in [5.74, 6) is -1.48. The molecule has 4 rings (SSSR count).